The summed E-state index contributed by atoms with van der Waals surface area (Å²) in [5, 5.41) is 16.9. The molecule has 0 unspecified atom stereocenters. The number of anilines is 1. The summed E-state index contributed by atoms with van der Waals surface area (Å²) in [5.74, 6) is 0.202. The minimum Gasteiger partial charge on any atom is -0.508 e. The molecule has 0 saturated heterocycles. The second kappa shape index (κ2) is 3.74. The summed E-state index contributed by atoms with van der Waals surface area (Å²) in [4.78, 5) is 0. The van der Waals surface area contributed by atoms with Crippen LogP contribution in [-0.2, 0) is 0 Å². The third kappa shape index (κ3) is 1.99. The van der Waals surface area contributed by atoms with E-state index in [0.717, 1.165) is 5.56 Å². The molecule has 0 amide bonds. The Kier molecular flexibility index (Phi) is 2.43. The van der Waals surface area contributed by atoms with Crippen LogP contribution in [0.1, 0.15) is 0 Å². The van der Waals surface area contributed by atoms with Crippen molar-refractivity contribution in [2.45, 2.75) is 0 Å². The lowest BCUT2D eigenvalue weighted by Gasteiger charge is -2.02. The zero-order chi connectivity index (χ0) is 10.8. The summed E-state index contributed by atoms with van der Waals surface area (Å²) >= 11 is 5.65. The summed E-state index contributed by atoms with van der Waals surface area (Å²) in [6, 6.07) is 8.24. The minimum atomic E-state index is 0.192. The number of nitrogens with two attached hydrogens (primary N) is 1. The van der Waals surface area contributed by atoms with Crippen molar-refractivity contribution in [3.05, 3.63) is 35.5 Å². The van der Waals surface area contributed by atoms with Crippen LogP contribution in [0.5, 0.6) is 5.75 Å². The van der Waals surface area contributed by atoms with Crippen molar-refractivity contribution in [3.8, 4) is 17.0 Å². The molecule has 0 fully saturated rings. The van der Waals surface area contributed by atoms with Gasteiger partial charge < -0.3 is 10.8 Å². The first kappa shape index (κ1) is 9.73. The van der Waals surface area contributed by atoms with Gasteiger partial charge >= 0.3 is 0 Å². The van der Waals surface area contributed by atoms with Gasteiger partial charge in [0.25, 0.3) is 0 Å². The Balaban J connectivity index is 2.45. The number of nitrogen functional groups attached to an aromatic ring is 1. The predicted molar refractivity (Wildman–Crippen MR) is 58.6 cm³/mol. The van der Waals surface area contributed by atoms with Gasteiger partial charge in [-0.3, -0.25) is 0 Å². The Morgan fingerprint density at radius 2 is 1.80 bits per heavy atom. The van der Waals surface area contributed by atoms with E-state index in [-0.39, 0.29) is 10.9 Å². The molecule has 76 valence electrons. The van der Waals surface area contributed by atoms with Gasteiger partial charge in [0.15, 0.2) is 5.15 Å². The van der Waals surface area contributed by atoms with E-state index in [2.05, 4.69) is 10.2 Å². The summed E-state index contributed by atoms with van der Waals surface area (Å²) < 4.78 is 0. The largest absolute Gasteiger partial charge is 0.508 e. The van der Waals surface area contributed by atoms with Gasteiger partial charge in [0.1, 0.15) is 5.75 Å². The first-order valence-corrected chi connectivity index (χ1v) is 4.63. The van der Waals surface area contributed by atoms with Crippen LogP contribution in [0.25, 0.3) is 11.3 Å². The molecule has 5 heteroatoms. The van der Waals surface area contributed by atoms with Crippen LogP contribution in [0.3, 0.4) is 0 Å². The zero-order valence-corrected chi connectivity index (χ0v) is 8.44. The number of hydrogen-bond donors (Lipinski definition) is 2. The Morgan fingerprint density at radius 1 is 1.13 bits per heavy atom. The fraction of sp³-hybridized carbons (Fsp3) is 0. The van der Waals surface area contributed by atoms with Crippen molar-refractivity contribution < 1.29 is 5.11 Å². The number of rotatable bonds is 1. The maximum absolute atomic E-state index is 9.12. The standard InChI is InChI=1S/C10H8ClN3O/c11-10-8(12)5-9(13-14-10)6-1-3-7(15)4-2-6/h1-5,15H,(H2,12,13). The summed E-state index contributed by atoms with van der Waals surface area (Å²) in [6.45, 7) is 0. The first-order chi connectivity index (χ1) is 7.16. The molecule has 0 aliphatic heterocycles. The van der Waals surface area contributed by atoms with E-state index in [1.54, 1.807) is 30.3 Å². The molecule has 0 aliphatic carbocycles. The second-order valence-corrected chi connectivity index (χ2v) is 3.38. The molecule has 1 heterocycles. The molecule has 0 saturated carbocycles. The molecule has 0 spiro atoms. The lowest BCUT2D eigenvalue weighted by atomic mass is 10.1. The highest BCUT2D eigenvalue weighted by atomic mass is 35.5. The van der Waals surface area contributed by atoms with Gasteiger partial charge in [-0.1, -0.05) is 11.6 Å². The number of nitrogens with zero attached hydrogens (tertiary/aromatic N) is 2. The number of benzene rings is 1. The van der Waals surface area contributed by atoms with E-state index in [1.807, 2.05) is 0 Å². The van der Waals surface area contributed by atoms with Crippen molar-refractivity contribution in [2.24, 2.45) is 0 Å². The molecule has 1 aromatic carbocycles. The number of hydrogen-bond acceptors (Lipinski definition) is 4. The van der Waals surface area contributed by atoms with Gasteiger partial charge in [-0.05, 0) is 30.3 Å². The number of aromatic hydroxyl groups is 1. The fourth-order valence-corrected chi connectivity index (χ4v) is 1.26. The molecule has 3 N–H and O–H groups in total. The van der Waals surface area contributed by atoms with Crippen molar-refractivity contribution in [1.82, 2.24) is 10.2 Å². The molecule has 0 bridgehead atoms. The van der Waals surface area contributed by atoms with E-state index < -0.39 is 0 Å². The third-order valence-corrected chi connectivity index (χ3v) is 2.23. The second-order valence-electron chi connectivity index (χ2n) is 3.02. The molecular weight excluding hydrogens is 214 g/mol. The van der Waals surface area contributed by atoms with Crippen LogP contribution in [0.2, 0.25) is 5.15 Å². The van der Waals surface area contributed by atoms with Crippen molar-refractivity contribution in [1.29, 1.82) is 0 Å². The van der Waals surface area contributed by atoms with Crippen LogP contribution < -0.4 is 5.73 Å². The van der Waals surface area contributed by atoms with Crippen molar-refractivity contribution in [3.63, 3.8) is 0 Å². The third-order valence-electron chi connectivity index (χ3n) is 1.94. The maximum Gasteiger partial charge on any atom is 0.174 e. The van der Waals surface area contributed by atoms with E-state index >= 15 is 0 Å². The van der Waals surface area contributed by atoms with Gasteiger partial charge in [0.05, 0.1) is 11.4 Å². The lowest BCUT2D eigenvalue weighted by Crippen LogP contribution is -1.94. The Bertz CT molecular complexity index is 485. The Hall–Kier alpha value is -1.81. The monoisotopic (exact) mass is 221 g/mol. The quantitative estimate of drug-likeness (QED) is 0.774. The van der Waals surface area contributed by atoms with E-state index in [9.17, 15) is 0 Å². The molecule has 0 aliphatic rings. The van der Waals surface area contributed by atoms with Gasteiger partial charge in [0.2, 0.25) is 0 Å². The Labute approximate surface area is 91.3 Å². The highest BCUT2D eigenvalue weighted by molar-refractivity contribution is 6.31. The van der Waals surface area contributed by atoms with Crippen LogP contribution in [0.15, 0.2) is 30.3 Å². The van der Waals surface area contributed by atoms with Gasteiger partial charge in [-0.15, -0.1) is 10.2 Å². The number of phenols is 1. The Morgan fingerprint density at radius 3 is 2.40 bits per heavy atom. The van der Waals surface area contributed by atoms with Crippen LogP contribution in [-0.4, -0.2) is 15.3 Å². The van der Waals surface area contributed by atoms with Gasteiger partial charge in [0, 0.05) is 5.56 Å². The van der Waals surface area contributed by atoms with Gasteiger partial charge in [-0.2, -0.15) is 0 Å². The maximum atomic E-state index is 9.12. The molecule has 15 heavy (non-hydrogen) atoms. The number of aromatic nitrogens is 2. The molecular formula is C10H8ClN3O. The van der Waals surface area contributed by atoms with Crippen molar-refractivity contribution in [2.75, 3.05) is 5.73 Å². The van der Waals surface area contributed by atoms with Gasteiger partial charge in [-0.25, -0.2) is 0 Å². The molecule has 1 aromatic heterocycles. The van der Waals surface area contributed by atoms with Crippen LogP contribution in [0.4, 0.5) is 5.69 Å². The fourth-order valence-electron chi connectivity index (χ4n) is 1.16. The van der Waals surface area contributed by atoms with E-state index in [4.69, 9.17) is 22.4 Å². The SMILES string of the molecule is Nc1cc(-c2ccc(O)cc2)nnc1Cl. The summed E-state index contributed by atoms with van der Waals surface area (Å²) in [6.07, 6.45) is 0. The molecule has 0 radical (unpaired) electrons. The minimum absolute atomic E-state index is 0.192. The summed E-state index contributed by atoms with van der Waals surface area (Å²) in [5.41, 5.74) is 7.43. The predicted octanol–water partition coefficient (Wildman–Crippen LogP) is 2.08. The highest BCUT2D eigenvalue weighted by Gasteiger charge is 2.03. The number of halogens is 1. The summed E-state index contributed by atoms with van der Waals surface area (Å²) in [7, 11) is 0. The number of phenolic OH excluding ortho intramolecular Hbond substituents is 1. The topological polar surface area (TPSA) is 72.0 Å². The van der Waals surface area contributed by atoms with E-state index in [0.29, 0.717) is 11.4 Å². The normalized spacial score (nSPS) is 10.2. The highest BCUT2D eigenvalue weighted by Crippen LogP contribution is 2.23. The molecule has 2 aromatic rings. The molecule has 2 rings (SSSR count). The van der Waals surface area contributed by atoms with Crippen molar-refractivity contribution >= 4 is 17.3 Å². The van der Waals surface area contributed by atoms with E-state index in [1.165, 1.54) is 0 Å². The molecule has 4 nitrogen and oxygen atoms in total. The van der Waals surface area contributed by atoms with Crippen LogP contribution >= 0.6 is 11.6 Å². The van der Waals surface area contributed by atoms with Crippen LogP contribution in [0, 0.1) is 0 Å². The average Bonchev–Trinajstić information content (AvgIpc) is 2.23. The lowest BCUT2D eigenvalue weighted by molar-refractivity contribution is 0.475. The first-order valence-electron chi connectivity index (χ1n) is 4.25. The average molecular weight is 222 g/mol. The zero-order valence-electron chi connectivity index (χ0n) is 7.68. The smallest absolute Gasteiger partial charge is 0.174 e. The molecule has 0 atom stereocenters.